The number of hydrogen-bond donors (Lipinski definition) is 2. The first kappa shape index (κ1) is 14.6. The predicted molar refractivity (Wildman–Crippen MR) is 76.8 cm³/mol. The molecular formula is C16H14N2O3. The van der Waals surface area contributed by atoms with E-state index in [1.165, 1.54) is 0 Å². The molecule has 0 bridgehead atoms. The van der Waals surface area contributed by atoms with Crippen molar-refractivity contribution in [3.05, 3.63) is 59.2 Å². The van der Waals surface area contributed by atoms with E-state index in [0.29, 0.717) is 28.2 Å². The Morgan fingerprint density at radius 2 is 1.95 bits per heavy atom. The predicted octanol–water partition coefficient (Wildman–Crippen LogP) is 2.50. The summed E-state index contributed by atoms with van der Waals surface area (Å²) in [4.78, 5) is 11.0. The molecule has 0 aliphatic carbocycles. The standard InChI is InChI=1S/C16H14N2O3/c1-10(19)14-7-2-11(9-17)8-15(14)21-13-5-3-12(4-6-13)16(18)20/h2-8,10,19H,1H3,(H2,18,20)/t10-/m0/s1. The van der Waals surface area contributed by atoms with Gasteiger partial charge in [-0.25, -0.2) is 0 Å². The number of aliphatic hydroxyl groups is 1. The van der Waals surface area contributed by atoms with Gasteiger partial charge >= 0.3 is 0 Å². The Morgan fingerprint density at radius 3 is 2.48 bits per heavy atom. The number of carbonyl (C=O) groups excluding carboxylic acids is 1. The highest BCUT2D eigenvalue weighted by molar-refractivity contribution is 5.92. The molecule has 2 rings (SSSR count). The van der Waals surface area contributed by atoms with E-state index in [0.717, 1.165) is 0 Å². The topological polar surface area (TPSA) is 96.3 Å². The van der Waals surface area contributed by atoms with E-state index in [9.17, 15) is 9.90 Å². The molecule has 0 aliphatic rings. The quantitative estimate of drug-likeness (QED) is 0.900. The van der Waals surface area contributed by atoms with Crippen LogP contribution in [0.4, 0.5) is 0 Å². The Balaban J connectivity index is 2.33. The molecule has 0 saturated heterocycles. The second kappa shape index (κ2) is 6.07. The van der Waals surface area contributed by atoms with Crippen molar-refractivity contribution in [2.24, 2.45) is 5.73 Å². The molecule has 106 valence electrons. The normalized spacial score (nSPS) is 11.5. The number of aliphatic hydroxyl groups excluding tert-OH is 1. The van der Waals surface area contributed by atoms with Crippen molar-refractivity contribution >= 4 is 5.91 Å². The van der Waals surface area contributed by atoms with E-state index in [2.05, 4.69) is 0 Å². The Labute approximate surface area is 122 Å². The number of hydrogen-bond acceptors (Lipinski definition) is 4. The maximum Gasteiger partial charge on any atom is 0.248 e. The van der Waals surface area contributed by atoms with Crippen LogP contribution in [0.1, 0.15) is 34.5 Å². The number of nitriles is 1. The molecule has 1 atom stereocenters. The van der Waals surface area contributed by atoms with Crippen molar-refractivity contribution in [3.8, 4) is 17.6 Å². The van der Waals surface area contributed by atoms with Gasteiger partial charge in [-0.3, -0.25) is 4.79 Å². The van der Waals surface area contributed by atoms with Gasteiger partial charge in [0.2, 0.25) is 5.91 Å². The molecule has 0 fully saturated rings. The van der Waals surface area contributed by atoms with E-state index in [1.54, 1.807) is 49.4 Å². The summed E-state index contributed by atoms with van der Waals surface area (Å²) in [6, 6.07) is 13.1. The van der Waals surface area contributed by atoms with Crippen LogP contribution >= 0.6 is 0 Å². The average molecular weight is 282 g/mol. The highest BCUT2D eigenvalue weighted by Crippen LogP contribution is 2.30. The summed E-state index contributed by atoms with van der Waals surface area (Å²) in [6.45, 7) is 1.62. The van der Waals surface area contributed by atoms with Gasteiger partial charge in [0.25, 0.3) is 0 Å². The molecule has 1 amide bonds. The zero-order chi connectivity index (χ0) is 15.4. The third-order valence-electron chi connectivity index (χ3n) is 2.96. The van der Waals surface area contributed by atoms with Crippen LogP contribution in [-0.2, 0) is 0 Å². The van der Waals surface area contributed by atoms with Crippen molar-refractivity contribution in [3.63, 3.8) is 0 Å². The number of nitrogens with two attached hydrogens (primary N) is 1. The fourth-order valence-corrected chi connectivity index (χ4v) is 1.85. The Hall–Kier alpha value is -2.84. The number of carbonyl (C=O) groups is 1. The zero-order valence-electron chi connectivity index (χ0n) is 11.4. The van der Waals surface area contributed by atoms with Crippen molar-refractivity contribution in [1.82, 2.24) is 0 Å². The van der Waals surface area contributed by atoms with Gasteiger partial charge in [0, 0.05) is 11.1 Å². The average Bonchev–Trinajstić information content (AvgIpc) is 2.47. The highest BCUT2D eigenvalue weighted by atomic mass is 16.5. The van der Waals surface area contributed by atoms with Gasteiger partial charge in [-0.1, -0.05) is 6.07 Å². The van der Waals surface area contributed by atoms with Crippen molar-refractivity contribution < 1.29 is 14.6 Å². The number of rotatable bonds is 4. The first-order chi connectivity index (χ1) is 10.0. The minimum atomic E-state index is -0.724. The van der Waals surface area contributed by atoms with Gasteiger partial charge in [-0.05, 0) is 43.3 Å². The molecule has 0 heterocycles. The monoisotopic (exact) mass is 282 g/mol. The molecule has 2 aromatic rings. The number of ether oxygens (including phenoxy) is 1. The molecule has 0 aromatic heterocycles. The molecule has 0 saturated carbocycles. The third kappa shape index (κ3) is 3.38. The Morgan fingerprint density at radius 1 is 1.29 bits per heavy atom. The van der Waals surface area contributed by atoms with Crippen LogP contribution in [0.5, 0.6) is 11.5 Å². The number of nitrogens with zero attached hydrogens (tertiary/aromatic N) is 1. The van der Waals surface area contributed by atoms with Crippen LogP contribution in [-0.4, -0.2) is 11.0 Å². The lowest BCUT2D eigenvalue weighted by atomic mass is 10.1. The van der Waals surface area contributed by atoms with Crippen LogP contribution in [0.2, 0.25) is 0 Å². The largest absolute Gasteiger partial charge is 0.457 e. The highest BCUT2D eigenvalue weighted by Gasteiger charge is 2.11. The SMILES string of the molecule is C[C@H](O)c1ccc(C#N)cc1Oc1ccc(C(N)=O)cc1. The number of amides is 1. The second-order valence-electron chi connectivity index (χ2n) is 4.53. The van der Waals surface area contributed by atoms with E-state index in [-0.39, 0.29) is 0 Å². The Kier molecular flexibility index (Phi) is 4.21. The van der Waals surface area contributed by atoms with Gasteiger partial charge in [0.1, 0.15) is 11.5 Å². The third-order valence-corrected chi connectivity index (χ3v) is 2.96. The summed E-state index contributed by atoms with van der Waals surface area (Å²) >= 11 is 0. The lowest BCUT2D eigenvalue weighted by molar-refractivity contribution is 0.100. The fourth-order valence-electron chi connectivity index (χ4n) is 1.85. The molecule has 5 heteroatoms. The Bertz CT molecular complexity index is 700. The summed E-state index contributed by atoms with van der Waals surface area (Å²) in [5.74, 6) is 0.366. The van der Waals surface area contributed by atoms with Crippen molar-refractivity contribution in [1.29, 1.82) is 5.26 Å². The smallest absolute Gasteiger partial charge is 0.248 e. The van der Waals surface area contributed by atoms with E-state index in [4.69, 9.17) is 15.7 Å². The van der Waals surface area contributed by atoms with Crippen molar-refractivity contribution in [2.45, 2.75) is 13.0 Å². The molecule has 0 spiro atoms. The summed E-state index contributed by atoms with van der Waals surface area (Å²) in [5.41, 5.74) is 6.56. The molecule has 2 aromatic carbocycles. The molecule has 0 aliphatic heterocycles. The molecular weight excluding hydrogens is 268 g/mol. The number of primary amides is 1. The maximum atomic E-state index is 11.0. The van der Waals surface area contributed by atoms with Crippen molar-refractivity contribution in [2.75, 3.05) is 0 Å². The van der Waals surface area contributed by atoms with Gasteiger partial charge < -0.3 is 15.6 Å². The molecule has 5 nitrogen and oxygen atoms in total. The summed E-state index contributed by atoms with van der Waals surface area (Å²) in [5, 5.41) is 18.7. The molecule has 0 radical (unpaired) electrons. The van der Waals surface area contributed by atoms with E-state index in [1.807, 2.05) is 6.07 Å². The van der Waals surface area contributed by atoms with Gasteiger partial charge in [-0.15, -0.1) is 0 Å². The minimum absolute atomic E-state index is 0.379. The minimum Gasteiger partial charge on any atom is -0.457 e. The molecule has 0 unspecified atom stereocenters. The second-order valence-corrected chi connectivity index (χ2v) is 4.53. The first-order valence-electron chi connectivity index (χ1n) is 6.31. The fraction of sp³-hybridized carbons (Fsp3) is 0.125. The first-order valence-corrected chi connectivity index (χ1v) is 6.31. The van der Waals surface area contributed by atoms with Crippen LogP contribution in [0.15, 0.2) is 42.5 Å². The summed E-state index contributed by atoms with van der Waals surface area (Å²) in [6.07, 6.45) is -0.724. The van der Waals surface area contributed by atoms with Gasteiger partial charge in [0.15, 0.2) is 0 Å². The van der Waals surface area contributed by atoms with Crippen LogP contribution in [0, 0.1) is 11.3 Å². The van der Waals surface area contributed by atoms with Crippen LogP contribution < -0.4 is 10.5 Å². The molecule has 3 N–H and O–H groups in total. The van der Waals surface area contributed by atoms with Gasteiger partial charge in [-0.2, -0.15) is 5.26 Å². The summed E-state index contributed by atoms with van der Waals surface area (Å²) < 4.78 is 5.68. The maximum absolute atomic E-state index is 11.0. The van der Waals surface area contributed by atoms with Gasteiger partial charge in [0.05, 0.1) is 17.7 Å². The van der Waals surface area contributed by atoms with E-state index >= 15 is 0 Å². The van der Waals surface area contributed by atoms with E-state index < -0.39 is 12.0 Å². The summed E-state index contributed by atoms with van der Waals surface area (Å²) in [7, 11) is 0. The lowest BCUT2D eigenvalue weighted by Gasteiger charge is -2.13. The zero-order valence-corrected chi connectivity index (χ0v) is 11.4. The lowest BCUT2D eigenvalue weighted by Crippen LogP contribution is -2.10. The van der Waals surface area contributed by atoms with Crippen LogP contribution in [0.3, 0.4) is 0 Å². The van der Waals surface area contributed by atoms with Crippen LogP contribution in [0.25, 0.3) is 0 Å². The number of benzene rings is 2. The molecule has 21 heavy (non-hydrogen) atoms.